The topological polar surface area (TPSA) is 111 Å². The van der Waals surface area contributed by atoms with Gasteiger partial charge in [-0.1, -0.05) is 50.3 Å². The van der Waals surface area contributed by atoms with Crippen LogP contribution < -0.4 is 16.4 Å². The first-order valence-electron chi connectivity index (χ1n) is 9.01. The molecule has 2 atom stereocenters. The summed E-state index contributed by atoms with van der Waals surface area (Å²) in [4.78, 5) is 36.2. The smallest absolute Gasteiger partial charge is 0.408 e. The number of nitrogens with one attached hydrogen (secondary N) is 2. The first-order valence-corrected chi connectivity index (χ1v) is 9.01. The van der Waals surface area contributed by atoms with Crippen molar-refractivity contribution in [2.75, 3.05) is 0 Å². The lowest BCUT2D eigenvalue weighted by molar-refractivity contribution is -0.128. The molecule has 0 saturated heterocycles. The van der Waals surface area contributed by atoms with Crippen LogP contribution in [0.2, 0.25) is 0 Å². The minimum atomic E-state index is -0.821. The molecule has 4 N–H and O–H groups in total. The summed E-state index contributed by atoms with van der Waals surface area (Å²) >= 11 is 0. The fraction of sp³-hybridized carbons (Fsp3) is 0.450. The Balaban J connectivity index is 2.66. The second-order valence-electron chi connectivity index (χ2n) is 6.72. The lowest BCUT2D eigenvalue weighted by atomic mass is 10.0. The van der Waals surface area contributed by atoms with Crippen molar-refractivity contribution in [3.63, 3.8) is 0 Å². The predicted octanol–water partition coefficient (Wildman–Crippen LogP) is 2.26. The number of carbonyl (C=O) groups excluding carboxylic acids is 3. The second kappa shape index (κ2) is 11.7. The van der Waals surface area contributed by atoms with E-state index in [4.69, 9.17) is 10.5 Å². The third-order valence-electron chi connectivity index (χ3n) is 3.85. The van der Waals surface area contributed by atoms with E-state index in [0.717, 1.165) is 5.56 Å². The number of ether oxygens (including phenoxy) is 1. The molecule has 0 bridgehead atoms. The van der Waals surface area contributed by atoms with E-state index in [1.54, 1.807) is 6.08 Å². The molecule has 1 rings (SSSR count). The molecule has 3 amide bonds. The van der Waals surface area contributed by atoms with Gasteiger partial charge in [0.05, 0.1) is 0 Å². The van der Waals surface area contributed by atoms with Gasteiger partial charge in [-0.3, -0.25) is 9.59 Å². The van der Waals surface area contributed by atoms with E-state index in [1.165, 1.54) is 0 Å². The van der Waals surface area contributed by atoms with Crippen LogP contribution in [0.25, 0.3) is 0 Å². The molecular formula is C20H29N3O4. The summed E-state index contributed by atoms with van der Waals surface area (Å²) in [6.07, 6.45) is 2.25. The highest BCUT2D eigenvalue weighted by Crippen LogP contribution is 2.08. The molecule has 148 valence electrons. The van der Waals surface area contributed by atoms with Crippen LogP contribution in [0.15, 0.2) is 43.0 Å². The highest BCUT2D eigenvalue weighted by Gasteiger charge is 2.26. The van der Waals surface area contributed by atoms with Crippen LogP contribution in [-0.2, 0) is 20.9 Å². The van der Waals surface area contributed by atoms with Gasteiger partial charge in [0.2, 0.25) is 11.8 Å². The third-order valence-corrected chi connectivity index (χ3v) is 3.85. The number of amides is 3. The summed E-state index contributed by atoms with van der Waals surface area (Å²) < 4.78 is 5.17. The molecule has 1 aromatic rings. The summed E-state index contributed by atoms with van der Waals surface area (Å²) in [6.45, 7) is 7.56. The van der Waals surface area contributed by atoms with Crippen LogP contribution in [-0.4, -0.2) is 30.0 Å². The van der Waals surface area contributed by atoms with E-state index in [0.29, 0.717) is 19.3 Å². The molecule has 0 aliphatic heterocycles. The molecule has 7 heteroatoms. The summed E-state index contributed by atoms with van der Waals surface area (Å²) in [6, 6.07) is 7.60. The van der Waals surface area contributed by atoms with Gasteiger partial charge in [0.1, 0.15) is 18.7 Å². The largest absolute Gasteiger partial charge is 0.445 e. The fourth-order valence-corrected chi connectivity index (χ4v) is 2.45. The Morgan fingerprint density at radius 1 is 1.15 bits per heavy atom. The van der Waals surface area contributed by atoms with Crippen LogP contribution in [0, 0.1) is 5.92 Å². The van der Waals surface area contributed by atoms with Gasteiger partial charge in [0, 0.05) is 0 Å². The molecule has 0 spiro atoms. The normalized spacial score (nSPS) is 12.7. The number of benzene rings is 1. The minimum absolute atomic E-state index is 0.103. The average molecular weight is 375 g/mol. The standard InChI is InChI=1S/C20H29N3O4/c1-4-5-11-16(18(21)24)22-19(25)17(12-14(2)3)23-20(26)27-13-15-9-7-6-8-10-15/h4,6-10,14,16-17H,1,5,11-13H2,2-3H3,(H2,21,24)(H,22,25)(H,23,26)/t16-,17-/m0/s1. The number of carbonyl (C=O) groups is 3. The maximum atomic E-state index is 12.6. The first kappa shape index (κ1) is 22.2. The summed E-state index contributed by atoms with van der Waals surface area (Å²) in [5, 5.41) is 5.18. The Kier molecular flexibility index (Phi) is 9.64. The zero-order chi connectivity index (χ0) is 20.2. The van der Waals surface area contributed by atoms with Crippen molar-refractivity contribution in [1.29, 1.82) is 0 Å². The van der Waals surface area contributed by atoms with E-state index in [-0.39, 0.29) is 12.5 Å². The quantitative estimate of drug-likeness (QED) is 0.515. The number of alkyl carbamates (subject to hydrolysis) is 1. The Bertz CT molecular complexity index is 631. The summed E-state index contributed by atoms with van der Waals surface area (Å²) in [5.41, 5.74) is 6.18. The van der Waals surface area contributed by atoms with Gasteiger partial charge >= 0.3 is 6.09 Å². The van der Waals surface area contributed by atoms with Gasteiger partial charge in [0.15, 0.2) is 0 Å². The van der Waals surface area contributed by atoms with E-state index in [2.05, 4.69) is 17.2 Å². The molecule has 0 saturated carbocycles. The van der Waals surface area contributed by atoms with Gasteiger partial charge in [-0.15, -0.1) is 6.58 Å². The number of nitrogens with two attached hydrogens (primary N) is 1. The lowest BCUT2D eigenvalue weighted by Crippen LogP contribution is -2.53. The number of primary amides is 1. The number of hydrogen-bond acceptors (Lipinski definition) is 4. The molecular weight excluding hydrogens is 346 g/mol. The Labute approximate surface area is 160 Å². The Morgan fingerprint density at radius 3 is 2.37 bits per heavy atom. The number of hydrogen-bond donors (Lipinski definition) is 3. The maximum Gasteiger partial charge on any atom is 0.408 e. The third kappa shape index (κ3) is 8.89. The van der Waals surface area contributed by atoms with Crippen molar-refractivity contribution in [2.45, 2.75) is 51.8 Å². The minimum Gasteiger partial charge on any atom is -0.445 e. The van der Waals surface area contributed by atoms with Crippen LogP contribution in [0.3, 0.4) is 0 Å². The molecule has 0 aromatic heterocycles. The van der Waals surface area contributed by atoms with Crippen molar-refractivity contribution < 1.29 is 19.1 Å². The van der Waals surface area contributed by atoms with E-state index < -0.39 is 30.0 Å². The highest BCUT2D eigenvalue weighted by molar-refractivity contribution is 5.90. The Hall–Kier alpha value is -2.83. The Morgan fingerprint density at radius 2 is 1.81 bits per heavy atom. The van der Waals surface area contributed by atoms with Crippen LogP contribution in [0.4, 0.5) is 4.79 Å². The molecule has 7 nitrogen and oxygen atoms in total. The molecule has 1 aromatic carbocycles. The van der Waals surface area contributed by atoms with Crippen molar-refractivity contribution in [3.05, 3.63) is 48.6 Å². The maximum absolute atomic E-state index is 12.6. The van der Waals surface area contributed by atoms with Crippen molar-refractivity contribution in [1.82, 2.24) is 10.6 Å². The zero-order valence-corrected chi connectivity index (χ0v) is 15.9. The highest BCUT2D eigenvalue weighted by atomic mass is 16.5. The molecule has 0 radical (unpaired) electrons. The fourth-order valence-electron chi connectivity index (χ4n) is 2.45. The number of rotatable bonds is 11. The average Bonchev–Trinajstić information content (AvgIpc) is 2.63. The van der Waals surface area contributed by atoms with Crippen LogP contribution >= 0.6 is 0 Å². The molecule has 0 unspecified atom stereocenters. The second-order valence-corrected chi connectivity index (χ2v) is 6.72. The lowest BCUT2D eigenvalue weighted by Gasteiger charge is -2.22. The molecule has 0 aliphatic rings. The van der Waals surface area contributed by atoms with E-state index in [1.807, 2.05) is 44.2 Å². The molecule has 0 fully saturated rings. The zero-order valence-electron chi connectivity index (χ0n) is 15.9. The van der Waals surface area contributed by atoms with E-state index in [9.17, 15) is 14.4 Å². The monoisotopic (exact) mass is 375 g/mol. The SMILES string of the molecule is C=CCC[C@H](NC(=O)[C@H](CC(C)C)NC(=O)OCc1ccccc1)C(N)=O. The summed E-state index contributed by atoms with van der Waals surface area (Å²) in [7, 11) is 0. The molecule has 0 heterocycles. The van der Waals surface area contributed by atoms with Gasteiger partial charge < -0.3 is 21.1 Å². The van der Waals surface area contributed by atoms with Crippen molar-refractivity contribution in [2.24, 2.45) is 11.7 Å². The summed E-state index contributed by atoms with van der Waals surface area (Å²) in [5.74, 6) is -0.941. The van der Waals surface area contributed by atoms with E-state index >= 15 is 0 Å². The van der Waals surface area contributed by atoms with Gasteiger partial charge in [0.25, 0.3) is 0 Å². The molecule has 27 heavy (non-hydrogen) atoms. The van der Waals surface area contributed by atoms with Crippen molar-refractivity contribution >= 4 is 17.9 Å². The van der Waals surface area contributed by atoms with Gasteiger partial charge in [-0.05, 0) is 30.7 Å². The van der Waals surface area contributed by atoms with Crippen LogP contribution in [0.5, 0.6) is 0 Å². The molecule has 0 aliphatic carbocycles. The van der Waals surface area contributed by atoms with Gasteiger partial charge in [-0.2, -0.15) is 0 Å². The predicted molar refractivity (Wildman–Crippen MR) is 104 cm³/mol. The number of allylic oxidation sites excluding steroid dienone is 1. The van der Waals surface area contributed by atoms with Gasteiger partial charge in [-0.25, -0.2) is 4.79 Å². The first-order chi connectivity index (χ1) is 12.8. The van der Waals surface area contributed by atoms with Crippen molar-refractivity contribution in [3.8, 4) is 0 Å². The van der Waals surface area contributed by atoms with Crippen LogP contribution in [0.1, 0.15) is 38.7 Å².